The molecule has 0 aliphatic heterocycles. The van der Waals surface area contributed by atoms with Gasteiger partial charge >= 0.3 is 0 Å². The Morgan fingerprint density at radius 3 is 2.24 bits per heavy atom. The topological polar surface area (TPSA) is 0 Å². The molecule has 0 heterocycles. The molecule has 0 radical (unpaired) electrons. The average Bonchev–Trinajstić information content (AvgIpc) is 2.28. The third-order valence-electron chi connectivity index (χ3n) is 3.60. The van der Waals surface area contributed by atoms with E-state index in [4.69, 9.17) is 23.2 Å². The molecule has 1 aromatic rings. The minimum absolute atomic E-state index is 0.119. The lowest BCUT2D eigenvalue weighted by Crippen LogP contribution is -2.34. The summed E-state index contributed by atoms with van der Waals surface area (Å²) in [6.07, 6.45) is 0.795. The van der Waals surface area contributed by atoms with Crippen LogP contribution in [0, 0.1) is 24.1 Å². The standard InChI is InChI=1S/C14H19Cl2F/c1-10(2)14(8-15,9-16)7-12-4-5-13(17)6-11(12)3/h4-6,10H,7-9H2,1-3H3. The van der Waals surface area contributed by atoms with Crippen molar-refractivity contribution in [3.63, 3.8) is 0 Å². The first-order valence-corrected chi connectivity index (χ1v) is 6.89. The number of benzene rings is 1. The van der Waals surface area contributed by atoms with Crippen LogP contribution < -0.4 is 0 Å². The summed E-state index contributed by atoms with van der Waals surface area (Å²) >= 11 is 12.2. The third-order valence-corrected chi connectivity index (χ3v) is 4.67. The smallest absolute Gasteiger partial charge is 0.123 e. The molecule has 0 saturated carbocycles. The Bertz CT molecular complexity index is 370. The van der Waals surface area contributed by atoms with Crippen LogP contribution in [-0.4, -0.2) is 11.8 Å². The van der Waals surface area contributed by atoms with Gasteiger partial charge in [0.1, 0.15) is 5.82 Å². The molecule has 1 rings (SSSR count). The molecule has 0 aliphatic rings. The molecule has 0 nitrogen and oxygen atoms in total. The van der Waals surface area contributed by atoms with E-state index in [1.807, 2.05) is 13.0 Å². The maximum Gasteiger partial charge on any atom is 0.123 e. The summed E-state index contributed by atoms with van der Waals surface area (Å²) in [6.45, 7) is 6.18. The number of halogens is 3. The Hall–Kier alpha value is -0.270. The number of hydrogen-bond acceptors (Lipinski definition) is 0. The van der Waals surface area contributed by atoms with Crippen molar-refractivity contribution in [3.05, 3.63) is 35.1 Å². The van der Waals surface area contributed by atoms with Crippen molar-refractivity contribution < 1.29 is 4.39 Å². The van der Waals surface area contributed by atoms with Crippen molar-refractivity contribution in [2.75, 3.05) is 11.8 Å². The van der Waals surface area contributed by atoms with Gasteiger partial charge in [-0.3, -0.25) is 0 Å². The minimum atomic E-state index is -0.196. The Balaban J connectivity index is 3.01. The fourth-order valence-electron chi connectivity index (χ4n) is 1.88. The van der Waals surface area contributed by atoms with Gasteiger partial charge < -0.3 is 0 Å². The second kappa shape index (κ2) is 6.06. The zero-order chi connectivity index (χ0) is 13.1. The number of hydrogen-bond donors (Lipinski definition) is 0. The van der Waals surface area contributed by atoms with Crippen molar-refractivity contribution >= 4 is 23.2 Å². The van der Waals surface area contributed by atoms with Crippen LogP contribution in [0.1, 0.15) is 25.0 Å². The van der Waals surface area contributed by atoms with E-state index in [9.17, 15) is 4.39 Å². The minimum Gasteiger partial charge on any atom is -0.207 e. The lowest BCUT2D eigenvalue weighted by atomic mass is 9.75. The Kier molecular flexibility index (Phi) is 5.27. The summed E-state index contributed by atoms with van der Waals surface area (Å²) in [7, 11) is 0. The highest BCUT2D eigenvalue weighted by atomic mass is 35.5. The first-order chi connectivity index (χ1) is 7.95. The molecule has 0 bridgehead atoms. The molecule has 0 N–H and O–H groups in total. The molecule has 0 spiro atoms. The van der Waals surface area contributed by atoms with Crippen molar-refractivity contribution in [2.45, 2.75) is 27.2 Å². The fourth-order valence-corrected chi connectivity index (χ4v) is 2.97. The highest BCUT2D eigenvalue weighted by Gasteiger charge is 2.32. The van der Waals surface area contributed by atoms with Crippen LogP contribution in [-0.2, 0) is 6.42 Å². The second-order valence-electron chi connectivity index (χ2n) is 5.03. The average molecular weight is 277 g/mol. The van der Waals surface area contributed by atoms with E-state index in [1.54, 1.807) is 6.07 Å². The van der Waals surface area contributed by atoms with Gasteiger partial charge in [-0.2, -0.15) is 0 Å². The van der Waals surface area contributed by atoms with E-state index >= 15 is 0 Å². The first-order valence-electron chi connectivity index (χ1n) is 5.82. The van der Waals surface area contributed by atoms with Gasteiger partial charge in [-0.25, -0.2) is 4.39 Å². The summed E-state index contributed by atoms with van der Waals surface area (Å²) in [6, 6.07) is 4.89. The van der Waals surface area contributed by atoms with Crippen LogP contribution in [0.5, 0.6) is 0 Å². The maximum absolute atomic E-state index is 13.1. The van der Waals surface area contributed by atoms with Gasteiger partial charge in [-0.1, -0.05) is 19.9 Å². The SMILES string of the molecule is Cc1cc(F)ccc1CC(CCl)(CCl)C(C)C. The predicted molar refractivity (Wildman–Crippen MR) is 73.6 cm³/mol. The zero-order valence-electron chi connectivity index (χ0n) is 10.6. The van der Waals surface area contributed by atoms with Gasteiger partial charge in [0, 0.05) is 17.2 Å². The van der Waals surface area contributed by atoms with Crippen LogP contribution >= 0.6 is 23.2 Å². The van der Waals surface area contributed by atoms with Crippen LogP contribution in [0.15, 0.2) is 18.2 Å². The van der Waals surface area contributed by atoms with Crippen LogP contribution in [0.25, 0.3) is 0 Å². The number of aryl methyl sites for hydroxylation is 1. The fraction of sp³-hybridized carbons (Fsp3) is 0.571. The third kappa shape index (κ3) is 3.35. The first kappa shape index (κ1) is 14.8. The molecule has 0 saturated heterocycles. The van der Waals surface area contributed by atoms with E-state index in [0.29, 0.717) is 17.7 Å². The molecule has 0 atom stereocenters. The van der Waals surface area contributed by atoms with Gasteiger partial charge in [-0.05, 0) is 42.5 Å². The van der Waals surface area contributed by atoms with Gasteiger partial charge in [0.15, 0.2) is 0 Å². The summed E-state index contributed by atoms with van der Waals surface area (Å²) in [5.74, 6) is 1.23. The second-order valence-corrected chi connectivity index (χ2v) is 5.57. The van der Waals surface area contributed by atoms with E-state index in [1.165, 1.54) is 6.07 Å². The van der Waals surface area contributed by atoms with E-state index in [0.717, 1.165) is 17.5 Å². The maximum atomic E-state index is 13.1. The van der Waals surface area contributed by atoms with Crippen LogP contribution in [0.3, 0.4) is 0 Å². The largest absolute Gasteiger partial charge is 0.207 e. The summed E-state index contributed by atoms with van der Waals surface area (Å²) < 4.78 is 13.1. The molecule has 17 heavy (non-hydrogen) atoms. The Labute approximate surface area is 113 Å². The number of rotatable bonds is 5. The predicted octanol–water partition coefficient (Wildman–Crippen LogP) is 4.80. The zero-order valence-corrected chi connectivity index (χ0v) is 12.1. The van der Waals surface area contributed by atoms with E-state index < -0.39 is 0 Å². The lowest BCUT2D eigenvalue weighted by Gasteiger charge is -2.34. The molecule has 0 aliphatic carbocycles. The summed E-state index contributed by atoms with van der Waals surface area (Å²) in [4.78, 5) is 0. The summed E-state index contributed by atoms with van der Waals surface area (Å²) in [5, 5.41) is 0. The molecular formula is C14H19Cl2F. The van der Waals surface area contributed by atoms with E-state index in [2.05, 4.69) is 13.8 Å². The Morgan fingerprint density at radius 1 is 1.24 bits per heavy atom. The van der Waals surface area contributed by atoms with Gasteiger partial charge in [0.2, 0.25) is 0 Å². The highest BCUT2D eigenvalue weighted by Crippen LogP contribution is 2.35. The molecule has 3 heteroatoms. The Morgan fingerprint density at radius 2 is 1.82 bits per heavy atom. The molecule has 0 unspecified atom stereocenters. The van der Waals surface area contributed by atoms with Crippen molar-refractivity contribution in [3.8, 4) is 0 Å². The van der Waals surface area contributed by atoms with Crippen LogP contribution in [0.2, 0.25) is 0 Å². The quantitative estimate of drug-likeness (QED) is 0.678. The highest BCUT2D eigenvalue weighted by molar-refractivity contribution is 6.21. The van der Waals surface area contributed by atoms with Crippen molar-refractivity contribution in [2.24, 2.45) is 11.3 Å². The summed E-state index contributed by atoms with van der Waals surface area (Å²) in [5.41, 5.74) is 1.97. The monoisotopic (exact) mass is 276 g/mol. The molecule has 0 aromatic heterocycles. The van der Waals surface area contributed by atoms with Gasteiger partial charge in [-0.15, -0.1) is 23.2 Å². The van der Waals surface area contributed by atoms with Crippen LogP contribution in [0.4, 0.5) is 4.39 Å². The van der Waals surface area contributed by atoms with E-state index in [-0.39, 0.29) is 11.2 Å². The molecule has 0 amide bonds. The molecule has 1 aromatic carbocycles. The van der Waals surface area contributed by atoms with Gasteiger partial charge in [0.25, 0.3) is 0 Å². The molecule has 0 fully saturated rings. The molecular weight excluding hydrogens is 258 g/mol. The molecule has 96 valence electrons. The van der Waals surface area contributed by atoms with Gasteiger partial charge in [0.05, 0.1) is 0 Å². The normalized spacial score (nSPS) is 12.2. The van der Waals surface area contributed by atoms with Crippen molar-refractivity contribution in [1.29, 1.82) is 0 Å². The lowest BCUT2D eigenvalue weighted by molar-refractivity contribution is 0.258. The number of alkyl halides is 2. The van der Waals surface area contributed by atoms with Crippen molar-refractivity contribution in [1.82, 2.24) is 0 Å².